The highest BCUT2D eigenvalue weighted by Crippen LogP contribution is 2.44. The zero-order valence-electron chi connectivity index (χ0n) is 11.0. The summed E-state index contributed by atoms with van der Waals surface area (Å²) in [5.41, 5.74) is 3.27. The molecular formula is C15H22ClN. The molecule has 1 aliphatic rings. The first-order valence-electron chi connectivity index (χ1n) is 6.49. The average Bonchev–Trinajstić information content (AvgIpc) is 2.28. The summed E-state index contributed by atoms with van der Waals surface area (Å²) in [4.78, 5) is 0. The van der Waals surface area contributed by atoms with Crippen molar-refractivity contribution in [2.75, 3.05) is 13.6 Å². The topological polar surface area (TPSA) is 12.0 Å². The maximum absolute atomic E-state index is 6.15. The third-order valence-electron chi connectivity index (χ3n) is 4.04. The minimum absolute atomic E-state index is 0.302. The van der Waals surface area contributed by atoms with Crippen LogP contribution in [0.4, 0.5) is 0 Å². The molecule has 0 aliphatic heterocycles. The number of hydrogen-bond donors (Lipinski definition) is 1. The lowest BCUT2D eigenvalue weighted by atomic mass is 9.68. The maximum atomic E-state index is 6.15. The summed E-state index contributed by atoms with van der Waals surface area (Å²) >= 11 is 6.15. The summed E-state index contributed by atoms with van der Waals surface area (Å²) in [6, 6.07) is 6.43. The van der Waals surface area contributed by atoms with Gasteiger partial charge in [-0.1, -0.05) is 31.5 Å². The average molecular weight is 252 g/mol. The summed E-state index contributed by atoms with van der Waals surface area (Å²) in [6.45, 7) is 5.76. The smallest absolute Gasteiger partial charge is 0.0409 e. The standard InChI is InChI=1S/C15H22ClN/c1-15(2)8-6-11(7-9-17-3)13-10-12(16)4-5-14(13)15/h4-5,10-11,17H,6-9H2,1-3H3. The van der Waals surface area contributed by atoms with E-state index in [1.165, 1.54) is 30.4 Å². The molecule has 0 spiro atoms. The van der Waals surface area contributed by atoms with Gasteiger partial charge in [0.2, 0.25) is 0 Å². The second kappa shape index (κ2) is 4.99. The Balaban J connectivity index is 2.35. The quantitative estimate of drug-likeness (QED) is 0.853. The Bertz CT molecular complexity index is 398. The van der Waals surface area contributed by atoms with Crippen LogP contribution in [0.2, 0.25) is 5.02 Å². The molecule has 0 saturated carbocycles. The van der Waals surface area contributed by atoms with Crippen molar-refractivity contribution in [3.05, 3.63) is 34.3 Å². The summed E-state index contributed by atoms with van der Waals surface area (Å²) in [5.74, 6) is 0.671. The number of nitrogens with one attached hydrogen (secondary N) is 1. The van der Waals surface area contributed by atoms with Crippen LogP contribution < -0.4 is 5.32 Å². The molecule has 1 N–H and O–H groups in total. The van der Waals surface area contributed by atoms with Crippen molar-refractivity contribution in [3.8, 4) is 0 Å². The van der Waals surface area contributed by atoms with Crippen molar-refractivity contribution in [1.29, 1.82) is 0 Å². The Morgan fingerprint density at radius 1 is 1.41 bits per heavy atom. The van der Waals surface area contributed by atoms with Crippen LogP contribution in [-0.4, -0.2) is 13.6 Å². The predicted molar refractivity (Wildman–Crippen MR) is 75.0 cm³/mol. The summed E-state index contributed by atoms with van der Waals surface area (Å²) < 4.78 is 0. The third kappa shape index (κ3) is 2.66. The minimum atomic E-state index is 0.302. The molecule has 1 aliphatic carbocycles. The Morgan fingerprint density at radius 3 is 2.88 bits per heavy atom. The van der Waals surface area contributed by atoms with E-state index in [0.717, 1.165) is 11.6 Å². The van der Waals surface area contributed by atoms with E-state index in [9.17, 15) is 0 Å². The lowest BCUT2D eigenvalue weighted by Crippen LogP contribution is -2.27. The van der Waals surface area contributed by atoms with Gasteiger partial charge in [-0.05, 0) is 67.4 Å². The van der Waals surface area contributed by atoms with Gasteiger partial charge in [0.25, 0.3) is 0 Å². The zero-order valence-corrected chi connectivity index (χ0v) is 11.8. The molecule has 17 heavy (non-hydrogen) atoms. The molecule has 0 bridgehead atoms. The second-order valence-corrected chi connectivity index (χ2v) is 6.18. The minimum Gasteiger partial charge on any atom is -0.320 e. The maximum Gasteiger partial charge on any atom is 0.0409 e. The Hall–Kier alpha value is -0.530. The number of halogens is 1. The van der Waals surface area contributed by atoms with Crippen LogP contribution in [0.5, 0.6) is 0 Å². The number of benzene rings is 1. The monoisotopic (exact) mass is 251 g/mol. The molecule has 0 aromatic heterocycles. The molecule has 0 heterocycles. The van der Waals surface area contributed by atoms with Crippen molar-refractivity contribution >= 4 is 11.6 Å². The van der Waals surface area contributed by atoms with Gasteiger partial charge >= 0.3 is 0 Å². The van der Waals surface area contributed by atoms with Crippen LogP contribution in [0, 0.1) is 0 Å². The molecule has 0 fully saturated rings. The highest BCUT2D eigenvalue weighted by Gasteiger charge is 2.32. The van der Waals surface area contributed by atoms with Gasteiger partial charge in [-0.15, -0.1) is 0 Å². The van der Waals surface area contributed by atoms with E-state index in [1.807, 2.05) is 13.1 Å². The van der Waals surface area contributed by atoms with Gasteiger partial charge in [0.05, 0.1) is 0 Å². The van der Waals surface area contributed by atoms with Gasteiger partial charge in [-0.3, -0.25) is 0 Å². The molecule has 1 nitrogen and oxygen atoms in total. The fraction of sp³-hybridized carbons (Fsp3) is 0.600. The Morgan fingerprint density at radius 2 is 2.18 bits per heavy atom. The molecule has 0 amide bonds. The van der Waals surface area contributed by atoms with Crippen LogP contribution in [0.1, 0.15) is 50.2 Å². The van der Waals surface area contributed by atoms with Gasteiger partial charge in [0.1, 0.15) is 0 Å². The first-order chi connectivity index (χ1) is 8.04. The highest BCUT2D eigenvalue weighted by atomic mass is 35.5. The third-order valence-corrected chi connectivity index (χ3v) is 4.28. The Labute approximate surface area is 110 Å². The van der Waals surface area contributed by atoms with E-state index in [1.54, 1.807) is 0 Å². The molecule has 1 atom stereocenters. The molecule has 2 rings (SSSR count). The van der Waals surface area contributed by atoms with Crippen molar-refractivity contribution in [1.82, 2.24) is 5.32 Å². The lowest BCUT2D eigenvalue weighted by molar-refractivity contribution is 0.380. The normalized spacial score (nSPS) is 22.2. The van der Waals surface area contributed by atoms with Crippen molar-refractivity contribution in [2.24, 2.45) is 0 Å². The van der Waals surface area contributed by atoms with Gasteiger partial charge in [-0.25, -0.2) is 0 Å². The lowest BCUT2D eigenvalue weighted by Gasteiger charge is -2.37. The van der Waals surface area contributed by atoms with Crippen molar-refractivity contribution in [3.63, 3.8) is 0 Å². The predicted octanol–water partition coefficient (Wildman–Crippen LogP) is 4.10. The molecule has 1 aromatic rings. The summed E-state index contributed by atoms with van der Waals surface area (Å²) in [7, 11) is 2.02. The summed E-state index contributed by atoms with van der Waals surface area (Å²) in [5, 5.41) is 4.12. The molecular weight excluding hydrogens is 230 g/mol. The molecule has 94 valence electrons. The molecule has 1 unspecified atom stereocenters. The van der Waals surface area contributed by atoms with Crippen LogP contribution in [0.15, 0.2) is 18.2 Å². The largest absolute Gasteiger partial charge is 0.320 e. The number of fused-ring (bicyclic) bond motifs is 1. The number of hydrogen-bond acceptors (Lipinski definition) is 1. The fourth-order valence-corrected chi connectivity index (χ4v) is 3.11. The zero-order chi connectivity index (χ0) is 12.5. The number of rotatable bonds is 3. The van der Waals surface area contributed by atoms with Crippen LogP contribution in [0.25, 0.3) is 0 Å². The molecule has 0 radical (unpaired) electrons. The van der Waals surface area contributed by atoms with Crippen molar-refractivity contribution < 1.29 is 0 Å². The Kier molecular flexibility index (Phi) is 3.79. The van der Waals surface area contributed by atoms with E-state index in [0.29, 0.717) is 11.3 Å². The van der Waals surface area contributed by atoms with E-state index < -0.39 is 0 Å². The van der Waals surface area contributed by atoms with Crippen LogP contribution in [0.3, 0.4) is 0 Å². The van der Waals surface area contributed by atoms with E-state index >= 15 is 0 Å². The van der Waals surface area contributed by atoms with Gasteiger partial charge in [0, 0.05) is 5.02 Å². The van der Waals surface area contributed by atoms with E-state index in [4.69, 9.17) is 11.6 Å². The molecule has 0 saturated heterocycles. The van der Waals surface area contributed by atoms with Gasteiger partial charge in [-0.2, -0.15) is 0 Å². The SMILES string of the molecule is CNCCC1CCC(C)(C)c2ccc(Cl)cc21. The van der Waals surface area contributed by atoms with Gasteiger partial charge in [0.15, 0.2) is 0 Å². The highest BCUT2D eigenvalue weighted by molar-refractivity contribution is 6.30. The first-order valence-corrected chi connectivity index (χ1v) is 6.87. The van der Waals surface area contributed by atoms with Crippen LogP contribution >= 0.6 is 11.6 Å². The van der Waals surface area contributed by atoms with E-state index in [2.05, 4.69) is 31.3 Å². The van der Waals surface area contributed by atoms with Crippen molar-refractivity contribution in [2.45, 2.75) is 44.4 Å². The molecule has 1 aromatic carbocycles. The van der Waals surface area contributed by atoms with E-state index in [-0.39, 0.29) is 0 Å². The second-order valence-electron chi connectivity index (χ2n) is 5.74. The fourth-order valence-electron chi connectivity index (χ4n) is 2.93. The first kappa shape index (κ1) is 12.9. The summed E-state index contributed by atoms with van der Waals surface area (Å²) in [6.07, 6.45) is 3.76. The van der Waals surface area contributed by atoms with Gasteiger partial charge < -0.3 is 5.32 Å². The molecule has 2 heteroatoms. The van der Waals surface area contributed by atoms with Crippen LogP contribution in [-0.2, 0) is 5.41 Å².